The molecule has 15 nitrogen and oxygen atoms in total. The van der Waals surface area contributed by atoms with E-state index in [0.717, 1.165) is 38.5 Å². The zero-order valence-electron chi connectivity index (χ0n) is 42.9. The Hall–Kier alpha value is -6.25. The molecule has 3 aliphatic rings. The maximum Gasteiger partial charge on any atom is 0.550 e. The summed E-state index contributed by atoms with van der Waals surface area (Å²) in [6.07, 6.45) is 10.1. The van der Waals surface area contributed by atoms with Crippen LogP contribution in [0.3, 0.4) is 0 Å². The Morgan fingerprint density at radius 3 is 0.836 bits per heavy atom. The van der Waals surface area contributed by atoms with Crippen LogP contribution in [0.4, 0.5) is 14.4 Å². The van der Waals surface area contributed by atoms with Crippen LogP contribution in [0.5, 0.6) is 0 Å². The van der Waals surface area contributed by atoms with E-state index < -0.39 is 83.2 Å². The smallest absolute Gasteiger partial charge is 0.428 e. The van der Waals surface area contributed by atoms with Gasteiger partial charge in [-0.15, -0.1) is 0 Å². The van der Waals surface area contributed by atoms with Gasteiger partial charge in [-0.3, -0.25) is 0 Å². The number of allylic oxidation sites excluding steroid dienone is 6. The zero-order valence-corrected chi connectivity index (χ0v) is 47.2. The molecule has 3 fully saturated rings. The lowest BCUT2D eigenvalue weighted by Gasteiger charge is -2.45. The summed E-state index contributed by atoms with van der Waals surface area (Å²) in [5.41, 5.74) is 0.794. The monoisotopic (exact) mass is 1050 g/mol. The van der Waals surface area contributed by atoms with E-state index in [1.807, 2.05) is 57.2 Å². The largest absolute Gasteiger partial charge is 0.550 e. The van der Waals surface area contributed by atoms with Crippen LogP contribution in [0.15, 0.2) is 107 Å². The van der Waals surface area contributed by atoms with Crippen LogP contribution >= 0.6 is 0 Å². The molecule has 3 aromatic carbocycles. The van der Waals surface area contributed by atoms with Gasteiger partial charge < -0.3 is 14.2 Å². The number of ether oxygens (including phenoxy) is 3. The first kappa shape index (κ1) is 56.1. The molecule has 3 saturated carbocycles. The van der Waals surface area contributed by atoms with Gasteiger partial charge in [-0.05, 0) is 179 Å². The molecule has 0 heterocycles. The van der Waals surface area contributed by atoms with Crippen molar-refractivity contribution < 1.29 is 72.3 Å². The third-order valence-electron chi connectivity index (χ3n) is 14.6. The third kappa shape index (κ3) is 17.7. The van der Waals surface area contributed by atoms with Crippen LogP contribution in [0.2, 0.25) is 0 Å². The van der Waals surface area contributed by atoms with Crippen molar-refractivity contribution in [3.8, 4) is 0 Å². The van der Waals surface area contributed by atoms with E-state index in [0.29, 0.717) is 56.3 Å². The van der Waals surface area contributed by atoms with Crippen LogP contribution in [0.1, 0.15) is 150 Å². The normalized spacial score (nSPS) is 22.4. The number of benzene rings is 3. The molecule has 18 heteroatoms. The second-order valence-corrected chi connectivity index (χ2v) is 26.5. The summed E-state index contributed by atoms with van der Waals surface area (Å²) in [5, 5.41) is 7.54. The van der Waals surface area contributed by atoms with Crippen LogP contribution in [-0.2, 0) is 43.5 Å². The fraction of sp³-hybridized carbons (Fsp3) is 0.455. The number of rotatable bonds is 15. The fourth-order valence-electron chi connectivity index (χ4n) is 10.3. The van der Waals surface area contributed by atoms with E-state index in [9.17, 15) is 28.8 Å². The average molecular weight is 1060 g/mol. The van der Waals surface area contributed by atoms with Gasteiger partial charge in [0.05, 0.1) is 45.2 Å². The minimum Gasteiger partial charge on any atom is -0.428 e. The molecule has 0 amide bonds. The summed E-state index contributed by atoms with van der Waals surface area (Å²) < 4.78 is 16.8. The molecule has 0 bridgehead atoms. The quantitative estimate of drug-likeness (QED) is 0.0466. The first-order chi connectivity index (χ1) is 35.2. The highest BCUT2D eigenvalue weighted by Crippen LogP contribution is 2.48. The summed E-state index contributed by atoms with van der Waals surface area (Å²) >= 11 is 0. The van der Waals surface area contributed by atoms with Crippen molar-refractivity contribution in [1.29, 1.82) is 0 Å². The van der Waals surface area contributed by atoms with E-state index in [4.69, 9.17) is 43.5 Å². The number of hydrogen-bond donors (Lipinski definition) is 0. The van der Waals surface area contributed by atoms with Gasteiger partial charge in [-0.25, -0.2) is 43.7 Å². The summed E-state index contributed by atoms with van der Waals surface area (Å²) in [5.74, 6) is -1.21. The maximum atomic E-state index is 12.7. The molecule has 0 N–H and O–H groups in total. The molecule has 0 saturated heterocycles. The van der Waals surface area contributed by atoms with Crippen molar-refractivity contribution >= 4 is 80.5 Å². The molecular weight excluding hydrogens is 985 g/mol. The Kier molecular flexibility index (Phi) is 21.7. The molecule has 3 aliphatic carbocycles. The van der Waals surface area contributed by atoms with Gasteiger partial charge in [0.2, 0.25) is 0 Å². The number of carbonyl (C=O) groups is 6. The van der Waals surface area contributed by atoms with Crippen molar-refractivity contribution in [3.05, 3.63) is 123 Å². The lowest BCUT2D eigenvalue weighted by atomic mass is 9.61. The average Bonchev–Trinajstić information content (AvgIpc) is 3.40. The second kappa shape index (κ2) is 28.3. The second-order valence-electron chi connectivity index (χ2n) is 19.7. The number of carbonyl (C=O) groups excluding carboxylic acids is 6. The molecule has 6 rings (SSSR count). The molecule has 0 atom stereocenters. The molecule has 0 spiro atoms. The van der Waals surface area contributed by atoms with Gasteiger partial charge in [0.1, 0.15) is 18.3 Å². The Bertz CT molecular complexity index is 2160. The van der Waals surface area contributed by atoms with E-state index in [1.165, 1.54) is 31.1 Å². The van der Waals surface area contributed by atoms with Crippen LogP contribution in [0.25, 0.3) is 0 Å². The highest BCUT2D eigenvalue weighted by molar-refractivity contribution is 6.61. The zero-order chi connectivity index (χ0) is 52.3. The van der Waals surface area contributed by atoms with E-state index >= 15 is 0 Å². The highest BCUT2D eigenvalue weighted by Gasteiger charge is 2.42. The van der Waals surface area contributed by atoms with Gasteiger partial charge in [-0.2, -0.15) is 14.4 Å². The molecular formula is C55H70O15Si3. The SMILES string of the molecule is CC=C(C)[SiH2]c1ccc(C(=O)OOC(=O)OC2CCC(C(C3CCC(OC(=O)OOC(=O)c4ccc([SiH2]C(C)=CC)cc4)CC3)C3CCC(OC(=O)OOC(=O)c4ccc([SiH2]C(C)=CC)cc4)CC3)CC2)cc1. The van der Waals surface area contributed by atoms with Gasteiger partial charge in [0, 0.05) is 0 Å². The summed E-state index contributed by atoms with van der Waals surface area (Å²) in [4.78, 5) is 105. The summed E-state index contributed by atoms with van der Waals surface area (Å²) in [6, 6.07) is 21.3. The van der Waals surface area contributed by atoms with E-state index in [1.54, 1.807) is 36.4 Å². The topological polar surface area (TPSA) is 185 Å². The van der Waals surface area contributed by atoms with Crippen LogP contribution in [0, 0.1) is 23.7 Å². The molecule has 0 unspecified atom stereocenters. The predicted octanol–water partition coefficient (Wildman–Crippen LogP) is 8.21. The first-order valence-corrected chi connectivity index (χ1v) is 29.8. The van der Waals surface area contributed by atoms with Gasteiger partial charge in [0.25, 0.3) is 0 Å². The first-order valence-electron chi connectivity index (χ1n) is 25.6. The van der Waals surface area contributed by atoms with E-state index in [-0.39, 0.29) is 22.6 Å². The molecule has 0 radical (unpaired) electrons. The molecule has 0 aliphatic heterocycles. The van der Waals surface area contributed by atoms with Gasteiger partial charge >= 0.3 is 36.4 Å². The van der Waals surface area contributed by atoms with Crippen molar-refractivity contribution in [2.24, 2.45) is 23.7 Å². The lowest BCUT2D eigenvalue weighted by Crippen LogP contribution is -2.39. The Labute approximate surface area is 434 Å². The molecule has 73 heavy (non-hydrogen) atoms. The minimum atomic E-state index is -1.07. The summed E-state index contributed by atoms with van der Waals surface area (Å²) in [7, 11) is -1.78. The Morgan fingerprint density at radius 2 is 0.616 bits per heavy atom. The summed E-state index contributed by atoms with van der Waals surface area (Å²) in [6.45, 7) is 12.3. The molecule has 392 valence electrons. The van der Waals surface area contributed by atoms with Crippen LogP contribution in [-0.4, -0.2) is 83.2 Å². The lowest BCUT2D eigenvalue weighted by molar-refractivity contribution is -0.209. The van der Waals surface area contributed by atoms with Gasteiger partial charge in [-0.1, -0.05) is 85.8 Å². The predicted molar refractivity (Wildman–Crippen MR) is 282 cm³/mol. The van der Waals surface area contributed by atoms with Crippen molar-refractivity contribution in [3.63, 3.8) is 0 Å². The van der Waals surface area contributed by atoms with Crippen molar-refractivity contribution in [1.82, 2.24) is 0 Å². The standard InChI is InChI=1S/C55H70O15Si3/c1-7-34(4)71-46-28-16-40(17-29-46)50(56)65-68-53(59)62-43-22-10-37(11-23-43)49(38-12-24-44(25-13-38)63-54(60)69-66-51(57)41-18-30-47(31-19-41)72-35(5)8-2)39-14-26-45(27-15-39)64-55(61)70-67-52(58)42-20-32-48(33-21-42)73-36(6)9-3/h7-9,16-21,28-33,37-39,43-45,49H,10-15,22-27,71-73H2,1-6H3. The van der Waals surface area contributed by atoms with Crippen molar-refractivity contribution in [2.75, 3.05) is 0 Å². The van der Waals surface area contributed by atoms with E-state index in [2.05, 4.69) is 39.0 Å². The Morgan fingerprint density at radius 1 is 0.384 bits per heavy atom. The van der Waals surface area contributed by atoms with Crippen LogP contribution < -0.4 is 15.6 Å². The number of hydrogen-bond acceptors (Lipinski definition) is 15. The molecule has 0 aromatic heterocycles. The molecule has 3 aromatic rings. The van der Waals surface area contributed by atoms with Crippen molar-refractivity contribution in [2.45, 2.75) is 137 Å². The fourth-order valence-corrected chi connectivity index (χ4v) is 14.3. The maximum absolute atomic E-state index is 12.7. The third-order valence-corrected chi connectivity index (χ3v) is 20.2. The van der Waals surface area contributed by atoms with Gasteiger partial charge in [0.15, 0.2) is 0 Å². The highest BCUT2D eigenvalue weighted by atomic mass is 28.2. The Balaban J connectivity index is 0.987. The minimum absolute atomic E-state index is 0.265.